The number of hydrogen-bond donors (Lipinski definition) is 1. The van der Waals surface area contributed by atoms with E-state index in [1.807, 2.05) is 60.8 Å². The first kappa shape index (κ1) is 19.0. The molecule has 1 amide bonds. The van der Waals surface area contributed by atoms with Gasteiger partial charge in [-0.3, -0.25) is 9.20 Å². The fourth-order valence-corrected chi connectivity index (χ4v) is 3.41. The summed E-state index contributed by atoms with van der Waals surface area (Å²) in [5.74, 6) is 0.240. The van der Waals surface area contributed by atoms with Crippen LogP contribution in [0.5, 0.6) is 5.75 Å². The Morgan fingerprint density at radius 3 is 2.48 bits per heavy atom. The number of pyridine rings is 1. The standard InChI is InChI=1S/C23H20ClN3O2/c1-14-4-7-16(8-5-14)21-22(27-13-15(2)6-11-20(27)26-21)23(28)25-18-12-17(24)9-10-19(18)29-3/h4-13H,1-3H3,(H,25,28). The van der Waals surface area contributed by atoms with Crippen molar-refractivity contribution >= 4 is 28.8 Å². The van der Waals surface area contributed by atoms with Crippen LogP contribution in [0.25, 0.3) is 16.9 Å². The summed E-state index contributed by atoms with van der Waals surface area (Å²) in [4.78, 5) is 18.1. The highest BCUT2D eigenvalue weighted by Gasteiger charge is 2.22. The maximum absolute atomic E-state index is 13.4. The molecular formula is C23H20ClN3O2. The number of methoxy groups -OCH3 is 1. The molecule has 0 fully saturated rings. The summed E-state index contributed by atoms with van der Waals surface area (Å²) in [6.07, 6.45) is 1.91. The molecule has 6 heteroatoms. The summed E-state index contributed by atoms with van der Waals surface area (Å²) in [6.45, 7) is 4.00. The predicted molar refractivity (Wildman–Crippen MR) is 116 cm³/mol. The van der Waals surface area contributed by atoms with Gasteiger partial charge in [0.15, 0.2) is 0 Å². The molecule has 0 aliphatic rings. The van der Waals surface area contributed by atoms with Crippen molar-refractivity contribution in [2.24, 2.45) is 0 Å². The molecule has 0 aliphatic heterocycles. The molecule has 0 bridgehead atoms. The number of aromatic nitrogens is 2. The highest BCUT2D eigenvalue weighted by molar-refractivity contribution is 6.31. The Kier molecular flexibility index (Phi) is 4.99. The van der Waals surface area contributed by atoms with Crippen LogP contribution < -0.4 is 10.1 Å². The van der Waals surface area contributed by atoms with E-state index < -0.39 is 0 Å². The highest BCUT2D eigenvalue weighted by atomic mass is 35.5. The second kappa shape index (κ2) is 7.60. The quantitative estimate of drug-likeness (QED) is 0.485. The van der Waals surface area contributed by atoms with E-state index in [1.54, 1.807) is 25.3 Å². The zero-order valence-electron chi connectivity index (χ0n) is 16.4. The van der Waals surface area contributed by atoms with Crippen molar-refractivity contribution in [2.45, 2.75) is 13.8 Å². The Morgan fingerprint density at radius 1 is 1.03 bits per heavy atom. The molecule has 2 aromatic heterocycles. The van der Waals surface area contributed by atoms with Gasteiger partial charge in [-0.1, -0.05) is 47.5 Å². The van der Waals surface area contributed by atoms with Crippen LogP contribution in [0.1, 0.15) is 21.6 Å². The van der Waals surface area contributed by atoms with E-state index in [0.29, 0.717) is 33.5 Å². The Morgan fingerprint density at radius 2 is 1.76 bits per heavy atom. The molecular weight excluding hydrogens is 386 g/mol. The zero-order chi connectivity index (χ0) is 20.5. The summed E-state index contributed by atoms with van der Waals surface area (Å²) >= 11 is 6.12. The van der Waals surface area contributed by atoms with E-state index in [-0.39, 0.29) is 5.91 Å². The van der Waals surface area contributed by atoms with Crippen LogP contribution in [0.3, 0.4) is 0 Å². The Hall–Kier alpha value is -3.31. The number of amides is 1. The lowest BCUT2D eigenvalue weighted by Crippen LogP contribution is -2.16. The van der Waals surface area contributed by atoms with Gasteiger partial charge in [0.2, 0.25) is 0 Å². The molecule has 146 valence electrons. The number of carbonyl (C=O) groups is 1. The third-order valence-corrected chi connectivity index (χ3v) is 4.95. The maximum atomic E-state index is 13.4. The van der Waals surface area contributed by atoms with E-state index in [2.05, 4.69) is 5.32 Å². The van der Waals surface area contributed by atoms with E-state index in [9.17, 15) is 4.79 Å². The minimum absolute atomic E-state index is 0.292. The molecule has 0 saturated carbocycles. The molecule has 2 aromatic carbocycles. The van der Waals surface area contributed by atoms with Gasteiger partial charge in [-0.05, 0) is 43.7 Å². The lowest BCUT2D eigenvalue weighted by atomic mass is 10.1. The average molecular weight is 406 g/mol. The molecule has 0 saturated heterocycles. The second-order valence-corrected chi connectivity index (χ2v) is 7.34. The lowest BCUT2D eigenvalue weighted by Gasteiger charge is -2.12. The number of nitrogens with one attached hydrogen (secondary N) is 1. The molecule has 1 N–H and O–H groups in total. The van der Waals surface area contributed by atoms with E-state index >= 15 is 0 Å². The third-order valence-electron chi connectivity index (χ3n) is 4.72. The molecule has 5 nitrogen and oxygen atoms in total. The number of benzene rings is 2. The van der Waals surface area contributed by atoms with Gasteiger partial charge in [0.25, 0.3) is 5.91 Å². The lowest BCUT2D eigenvalue weighted by molar-refractivity contribution is 0.102. The van der Waals surface area contributed by atoms with Crippen molar-refractivity contribution in [3.8, 4) is 17.0 Å². The first-order valence-electron chi connectivity index (χ1n) is 9.17. The Balaban J connectivity index is 1.86. The van der Waals surface area contributed by atoms with E-state index in [0.717, 1.165) is 16.7 Å². The van der Waals surface area contributed by atoms with Crippen LogP contribution in [0.4, 0.5) is 5.69 Å². The summed E-state index contributed by atoms with van der Waals surface area (Å²) in [7, 11) is 1.55. The minimum atomic E-state index is -0.292. The number of ether oxygens (including phenoxy) is 1. The largest absolute Gasteiger partial charge is 0.495 e. The first-order valence-corrected chi connectivity index (χ1v) is 9.54. The number of halogens is 1. The summed E-state index contributed by atoms with van der Waals surface area (Å²) in [5, 5.41) is 3.44. The van der Waals surface area contributed by atoms with Gasteiger partial charge >= 0.3 is 0 Å². The summed E-state index contributed by atoms with van der Waals surface area (Å²) < 4.78 is 7.17. The second-order valence-electron chi connectivity index (χ2n) is 6.91. The van der Waals surface area contributed by atoms with E-state index in [4.69, 9.17) is 21.3 Å². The minimum Gasteiger partial charge on any atom is -0.495 e. The van der Waals surface area contributed by atoms with Gasteiger partial charge in [-0.25, -0.2) is 4.98 Å². The van der Waals surface area contributed by atoms with Crippen LogP contribution >= 0.6 is 11.6 Å². The summed E-state index contributed by atoms with van der Waals surface area (Å²) in [5.41, 5.74) is 5.32. The number of rotatable bonds is 4. The fourth-order valence-electron chi connectivity index (χ4n) is 3.24. The summed E-state index contributed by atoms with van der Waals surface area (Å²) in [6, 6.07) is 16.9. The molecule has 2 heterocycles. The van der Waals surface area contributed by atoms with Crippen molar-refractivity contribution < 1.29 is 9.53 Å². The monoisotopic (exact) mass is 405 g/mol. The van der Waals surface area contributed by atoms with Crippen LogP contribution in [0.2, 0.25) is 5.02 Å². The first-order chi connectivity index (χ1) is 14.0. The molecule has 4 aromatic rings. The van der Waals surface area contributed by atoms with Crippen molar-refractivity contribution in [1.82, 2.24) is 9.38 Å². The third kappa shape index (κ3) is 3.69. The molecule has 0 aliphatic carbocycles. The van der Waals surface area contributed by atoms with Gasteiger partial charge in [0.05, 0.1) is 12.8 Å². The van der Waals surface area contributed by atoms with Gasteiger partial charge in [0.1, 0.15) is 22.8 Å². The Bertz CT molecular complexity index is 1210. The smallest absolute Gasteiger partial charge is 0.275 e. The van der Waals surface area contributed by atoms with Crippen molar-refractivity contribution in [2.75, 3.05) is 12.4 Å². The number of anilines is 1. The molecule has 0 unspecified atom stereocenters. The van der Waals surface area contributed by atoms with Crippen molar-refractivity contribution in [3.63, 3.8) is 0 Å². The Labute approximate surface area is 173 Å². The average Bonchev–Trinajstić information content (AvgIpc) is 3.07. The van der Waals surface area contributed by atoms with Crippen molar-refractivity contribution in [3.05, 3.63) is 82.6 Å². The van der Waals surface area contributed by atoms with Crippen molar-refractivity contribution in [1.29, 1.82) is 0 Å². The van der Waals surface area contributed by atoms with Crippen LogP contribution in [0, 0.1) is 13.8 Å². The fraction of sp³-hybridized carbons (Fsp3) is 0.130. The number of nitrogens with zero attached hydrogens (tertiary/aromatic N) is 2. The number of fused-ring (bicyclic) bond motifs is 1. The van der Waals surface area contributed by atoms with Crippen LogP contribution in [0.15, 0.2) is 60.8 Å². The van der Waals surface area contributed by atoms with Gasteiger partial charge in [-0.2, -0.15) is 0 Å². The molecule has 4 rings (SSSR count). The van der Waals surface area contributed by atoms with E-state index in [1.165, 1.54) is 0 Å². The predicted octanol–water partition coefficient (Wildman–Crippen LogP) is 5.53. The number of aryl methyl sites for hydroxylation is 2. The van der Waals surface area contributed by atoms with Gasteiger partial charge in [-0.15, -0.1) is 0 Å². The molecule has 29 heavy (non-hydrogen) atoms. The number of hydrogen-bond acceptors (Lipinski definition) is 3. The van der Waals surface area contributed by atoms with Crippen LogP contribution in [-0.2, 0) is 0 Å². The molecule has 0 atom stereocenters. The normalized spacial score (nSPS) is 10.9. The SMILES string of the molecule is COc1ccc(Cl)cc1NC(=O)c1c(-c2ccc(C)cc2)nc2ccc(C)cn12. The van der Waals surface area contributed by atoms with Gasteiger partial charge in [0, 0.05) is 16.8 Å². The topological polar surface area (TPSA) is 55.6 Å². The van der Waals surface area contributed by atoms with Crippen LogP contribution in [-0.4, -0.2) is 22.4 Å². The highest BCUT2D eigenvalue weighted by Crippen LogP contribution is 2.30. The molecule has 0 radical (unpaired) electrons. The van der Waals surface area contributed by atoms with Gasteiger partial charge < -0.3 is 10.1 Å². The zero-order valence-corrected chi connectivity index (χ0v) is 17.1. The maximum Gasteiger partial charge on any atom is 0.275 e. The molecule has 0 spiro atoms. The number of carbonyl (C=O) groups excluding carboxylic acids is 1. The number of imidazole rings is 1.